The van der Waals surface area contributed by atoms with Gasteiger partial charge < -0.3 is 9.64 Å². The van der Waals surface area contributed by atoms with E-state index in [1.54, 1.807) is 4.90 Å². The highest BCUT2D eigenvalue weighted by atomic mass is 35.5. The monoisotopic (exact) mass is 300 g/mol. The standard InChI is InChI=1S/C15H13ClN4O/c1-20(2)14-17-13(16)18-15(19-14)21-12-8-7-10-5-3-4-6-11(10)9-12/h3-9H,1-2H3. The van der Waals surface area contributed by atoms with Gasteiger partial charge in [0.15, 0.2) is 0 Å². The lowest BCUT2D eigenvalue weighted by atomic mass is 10.1. The number of anilines is 1. The van der Waals surface area contributed by atoms with Gasteiger partial charge in [-0.25, -0.2) is 0 Å². The van der Waals surface area contributed by atoms with Gasteiger partial charge in [0.25, 0.3) is 0 Å². The lowest BCUT2D eigenvalue weighted by molar-refractivity contribution is 0.440. The maximum absolute atomic E-state index is 5.89. The Morgan fingerprint density at radius 3 is 2.48 bits per heavy atom. The van der Waals surface area contributed by atoms with Crippen LogP contribution in [0.25, 0.3) is 10.8 Å². The third kappa shape index (κ3) is 3.03. The zero-order chi connectivity index (χ0) is 14.8. The van der Waals surface area contributed by atoms with E-state index in [2.05, 4.69) is 15.0 Å². The number of hydrogen-bond donors (Lipinski definition) is 0. The third-order valence-corrected chi connectivity index (χ3v) is 3.07. The van der Waals surface area contributed by atoms with Gasteiger partial charge in [-0.15, -0.1) is 0 Å². The minimum absolute atomic E-state index is 0.101. The van der Waals surface area contributed by atoms with E-state index in [1.165, 1.54) is 0 Å². The highest BCUT2D eigenvalue weighted by molar-refractivity contribution is 6.28. The number of aromatic nitrogens is 3. The molecule has 0 spiro atoms. The number of nitrogens with zero attached hydrogens (tertiary/aromatic N) is 4. The van der Waals surface area contributed by atoms with Crippen molar-refractivity contribution >= 4 is 28.3 Å². The van der Waals surface area contributed by atoms with Crippen LogP contribution in [0.5, 0.6) is 11.8 Å². The van der Waals surface area contributed by atoms with Crippen LogP contribution in [0.4, 0.5) is 5.95 Å². The lowest BCUT2D eigenvalue weighted by Crippen LogP contribution is -2.13. The summed E-state index contributed by atoms with van der Waals surface area (Å²) in [6, 6.07) is 14.0. The summed E-state index contributed by atoms with van der Waals surface area (Å²) in [7, 11) is 3.65. The molecule has 3 rings (SSSR count). The molecular weight excluding hydrogens is 288 g/mol. The van der Waals surface area contributed by atoms with E-state index in [9.17, 15) is 0 Å². The highest BCUT2D eigenvalue weighted by Crippen LogP contribution is 2.24. The molecule has 0 aliphatic carbocycles. The Kier molecular flexibility index (Phi) is 3.58. The minimum atomic E-state index is 0.101. The Hall–Kier alpha value is -2.40. The Morgan fingerprint density at radius 1 is 0.952 bits per heavy atom. The maximum atomic E-state index is 5.89. The molecule has 2 aromatic carbocycles. The SMILES string of the molecule is CN(C)c1nc(Cl)nc(Oc2ccc3ccccc3c2)n1. The lowest BCUT2D eigenvalue weighted by Gasteiger charge is -2.11. The summed E-state index contributed by atoms with van der Waals surface area (Å²) in [5.41, 5.74) is 0. The largest absolute Gasteiger partial charge is 0.424 e. The maximum Gasteiger partial charge on any atom is 0.328 e. The van der Waals surface area contributed by atoms with Crippen LogP contribution < -0.4 is 9.64 Å². The molecule has 0 aliphatic rings. The number of ether oxygens (including phenoxy) is 1. The van der Waals surface area contributed by atoms with Gasteiger partial charge in [0.1, 0.15) is 5.75 Å². The normalized spacial score (nSPS) is 10.6. The second-order valence-corrected chi connectivity index (χ2v) is 5.03. The van der Waals surface area contributed by atoms with Crippen LogP contribution in [0.1, 0.15) is 0 Å². The first kappa shape index (κ1) is 13.6. The molecule has 0 saturated heterocycles. The Morgan fingerprint density at radius 2 is 1.71 bits per heavy atom. The van der Waals surface area contributed by atoms with Crippen molar-refractivity contribution in [1.29, 1.82) is 0 Å². The summed E-state index contributed by atoms with van der Waals surface area (Å²) >= 11 is 5.89. The van der Waals surface area contributed by atoms with Crippen molar-refractivity contribution in [3.8, 4) is 11.8 Å². The first-order chi connectivity index (χ1) is 10.1. The van der Waals surface area contributed by atoms with E-state index in [1.807, 2.05) is 56.6 Å². The van der Waals surface area contributed by atoms with Gasteiger partial charge in [0.05, 0.1) is 0 Å². The van der Waals surface area contributed by atoms with Crippen LogP contribution in [-0.2, 0) is 0 Å². The Labute approximate surface area is 127 Å². The first-order valence-electron chi connectivity index (χ1n) is 6.37. The van der Waals surface area contributed by atoms with E-state index in [-0.39, 0.29) is 11.3 Å². The molecule has 0 N–H and O–H groups in total. The number of benzene rings is 2. The van der Waals surface area contributed by atoms with E-state index in [0.29, 0.717) is 11.7 Å². The quantitative estimate of drug-likeness (QED) is 0.740. The topological polar surface area (TPSA) is 51.1 Å². The molecule has 0 atom stereocenters. The molecule has 21 heavy (non-hydrogen) atoms. The van der Waals surface area contributed by atoms with Crippen molar-refractivity contribution in [2.24, 2.45) is 0 Å². The fourth-order valence-electron chi connectivity index (χ4n) is 1.90. The Bertz CT molecular complexity index is 791. The van der Waals surface area contributed by atoms with Gasteiger partial charge in [-0.3, -0.25) is 0 Å². The summed E-state index contributed by atoms with van der Waals surface area (Å²) < 4.78 is 5.68. The predicted octanol–water partition coefficient (Wildman–Crippen LogP) is 3.54. The van der Waals surface area contributed by atoms with Gasteiger partial charge in [0, 0.05) is 14.1 Å². The molecule has 6 heteroatoms. The van der Waals surface area contributed by atoms with Gasteiger partial charge in [-0.2, -0.15) is 15.0 Å². The molecule has 0 unspecified atom stereocenters. The van der Waals surface area contributed by atoms with E-state index >= 15 is 0 Å². The summed E-state index contributed by atoms with van der Waals surface area (Å²) in [5.74, 6) is 1.10. The van der Waals surface area contributed by atoms with E-state index in [0.717, 1.165) is 10.8 Å². The van der Waals surface area contributed by atoms with Crippen molar-refractivity contribution in [1.82, 2.24) is 15.0 Å². The smallest absolute Gasteiger partial charge is 0.328 e. The van der Waals surface area contributed by atoms with Gasteiger partial charge >= 0.3 is 6.01 Å². The molecule has 106 valence electrons. The van der Waals surface area contributed by atoms with Crippen LogP contribution in [0.2, 0.25) is 5.28 Å². The van der Waals surface area contributed by atoms with Gasteiger partial charge in [-0.1, -0.05) is 30.3 Å². The number of halogens is 1. The molecule has 0 bridgehead atoms. The summed E-state index contributed by atoms with van der Waals surface area (Å²) in [6.45, 7) is 0. The van der Waals surface area contributed by atoms with Crippen LogP contribution in [0, 0.1) is 0 Å². The van der Waals surface area contributed by atoms with Crippen LogP contribution >= 0.6 is 11.6 Å². The number of fused-ring (bicyclic) bond motifs is 1. The number of hydrogen-bond acceptors (Lipinski definition) is 5. The molecule has 5 nitrogen and oxygen atoms in total. The molecule has 0 fully saturated rings. The molecule has 1 aromatic heterocycles. The average Bonchev–Trinajstić information content (AvgIpc) is 2.46. The van der Waals surface area contributed by atoms with Crippen LogP contribution in [0.15, 0.2) is 42.5 Å². The predicted molar refractivity (Wildman–Crippen MR) is 83.2 cm³/mol. The number of rotatable bonds is 3. The van der Waals surface area contributed by atoms with Crippen molar-refractivity contribution in [2.75, 3.05) is 19.0 Å². The highest BCUT2D eigenvalue weighted by Gasteiger charge is 2.09. The molecule has 3 aromatic rings. The minimum Gasteiger partial charge on any atom is -0.424 e. The average molecular weight is 301 g/mol. The molecule has 0 amide bonds. The van der Waals surface area contributed by atoms with Crippen molar-refractivity contribution < 1.29 is 4.74 Å². The van der Waals surface area contributed by atoms with Crippen LogP contribution in [0.3, 0.4) is 0 Å². The summed E-state index contributed by atoms with van der Waals surface area (Å²) in [5, 5.41) is 2.33. The van der Waals surface area contributed by atoms with Crippen LogP contribution in [-0.4, -0.2) is 29.0 Å². The fourth-order valence-corrected chi connectivity index (χ4v) is 2.05. The molecule has 1 heterocycles. The molecule has 0 radical (unpaired) electrons. The Balaban J connectivity index is 1.94. The van der Waals surface area contributed by atoms with Crippen molar-refractivity contribution in [3.63, 3.8) is 0 Å². The van der Waals surface area contributed by atoms with Crippen molar-refractivity contribution in [3.05, 3.63) is 47.7 Å². The zero-order valence-electron chi connectivity index (χ0n) is 11.6. The zero-order valence-corrected chi connectivity index (χ0v) is 12.4. The first-order valence-corrected chi connectivity index (χ1v) is 6.75. The summed E-state index contributed by atoms with van der Waals surface area (Å²) in [6.07, 6.45) is 0. The molecular formula is C15H13ClN4O. The van der Waals surface area contributed by atoms with E-state index < -0.39 is 0 Å². The second-order valence-electron chi connectivity index (χ2n) is 4.69. The molecule has 0 saturated carbocycles. The van der Waals surface area contributed by atoms with Gasteiger partial charge in [0.2, 0.25) is 11.2 Å². The third-order valence-electron chi connectivity index (χ3n) is 2.91. The second kappa shape index (κ2) is 5.54. The molecule has 0 aliphatic heterocycles. The van der Waals surface area contributed by atoms with Gasteiger partial charge in [-0.05, 0) is 34.5 Å². The van der Waals surface area contributed by atoms with E-state index in [4.69, 9.17) is 16.3 Å². The fraction of sp³-hybridized carbons (Fsp3) is 0.133. The van der Waals surface area contributed by atoms with Crippen molar-refractivity contribution in [2.45, 2.75) is 0 Å². The summed E-state index contributed by atoms with van der Waals surface area (Å²) in [4.78, 5) is 13.9.